The van der Waals surface area contributed by atoms with E-state index in [1.807, 2.05) is 77.9 Å². The number of nitrogens with one attached hydrogen (secondary N) is 2. The zero-order chi connectivity index (χ0) is 24.9. The largest absolute Gasteiger partial charge is 0.444 e. The quantitative estimate of drug-likeness (QED) is 0.568. The van der Waals surface area contributed by atoms with Crippen LogP contribution in [-0.2, 0) is 9.47 Å². The van der Waals surface area contributed by atoms with Crippen LogP contribution < -0.4 is 10.6 Å². The third kappa shape index (κ3) is 8.73. The van der Waals surface area contributed by atoms with E-state index in [2.05, 4.69) is 34.9 Å². The predicted octanol–water partition coefficient (Wildman–Crippen LogP) is 6.13. The molecule has 2 N–H and O–H groups in total. The Bertz CT molecular complexity index is 868. The summed E-state index contributed by atoms with van der Waals surface area (Å²) in [6.07, 6.45) is 1.37. The van der Waals surface area contributed by atoms with E-state index >= 15 is 0 Å². The molecule has 0 unspecified atom stereocenters. The Balaban J connectivity index is 0.000000191. The van der Waals surface area contributed by atoms with Crippen LogP contribution in [0.4, 0.5) is 9.59 Å². The van der Waals surface area contributed by atoms with Gasteiger partial charge in [0.15, 0.2) is 0 Å². The van der Waals surface area contributed by atoms with Crippen LogP contribution in [-0.4, -0.2) is 35.5 Å². The molecule has 2 aliphatic rings. The van der Waals surface area contributed by atoms with Crippen LogP contribution in [0.5, 0.6) is 0 Å². The third-order valence-corrected chi connectivity index (χ3v) is 5.44. The minimum Gasteiger partial charge on any atom is -0.444 e. The Morgan fingerprint density at radius 2 is 0.971 bits per heavy atom. The Morgan fingerprint density at radius 1 is 0.647 bits per heavy atom. The Labute approximate surface area is 203 Å². The first-order valence-electron chi connectivity index (χ1n) is 12.0. The number of ether oxygens (including phenoxy) is 2. The Kier molecular flexibility index (Phi) is 7.90. The van der Waals surface area contributed by atoms with Gasteiger partial charge in [-0.1, -0.05) is 60.7 Å². The molecule has 184 valence electrons. The fourth-order valence-electron chi connectivity index (χ4n) is 3.76. The van der Waals surface area contributed by atoms with Gasteiger partial charge in [0.05, 0.1) is 0 Å². The molecule has 0 radical (unpaired) electrons. The average Bonchev–Trinajstić information content (AvgIpc) is 3.64. The van der Waals surface area contributed by atoms with Crippen molar-refractivity contribution in [3.63, 3.8) is 0 Å². The van der Waals surface area contributed by atoms with Crippen molar-refractivity contribution in [2.75, 3.05) is 0 Å². The predicted molar refractivity (Wildman–Crippen MR) is 134 cm³/mol. The number of amides is 2. The lowest BCUT2D eigenvalue weighted by Gasteiger charge is -2.19. The molecule has 0 bridgehead atoms. The van der Waals surface area contributed by atoms with Crippen LogP contribution in [0, 0.1) is 0 Å². The molecule has 0 saturated heterocycles. The maximum absolute atomic E-state index is 11.6. The summed E-state index contributed by atoms with van der Waals surface area (Å²) in [7, 11) is 0. The molecule has 2 aromatic carbocycles. The first-order valence-corrected chi connectivity index (χ1v) is 12.0. The number of benzene rings is 2. The van der Waals surface area contributed by atoms with E-state index in [0.29, 0.717) is 11.8 Å². The van der Waals surface area contributed by atoms with E-state index < -0.39 is 11.2 Å². The van der Waals surface area contributed by atoms with Crippen LogP contribution in [0.1, 0.15) is 77.3 Å². The highest BCUT2D eigenvalue weighted by molar-refractivity contribution is 5.69. The maximum Gasteiger partial charge on any atom is 0.407 e. The van der Waals surface area contributed by atoms with Gasteiger partial charge in [0, 0.05) is 23.9 Å². The molecule has 6 heteroatoms. The number of rotatable bonds is 4. The topological polar surface area (TPSA) is 76.7 Å². The lowest BCUT2D eigenvalue weighted by molar-refractivity contribution is 0.0511. The maximum atomic E-state index is 11.6. The summed E-state index contributed by atoms with van der Waals surface area (Å²) in [4.78, 5) is 23.1. The molecular weight excluding hydrogens is 428 g/mol. The summed E-state index contributed by atoms with van der Waals surface area (Å²) in [5.41, 5.74) is 1.71. The second-order valence-corrected chi connectivity index (χ2v) is 11.0. The van der Waals surface area contributed by atoms with Gasteiger partial charge in [0.1, 0.15) is 11.2 Å². The molecule has 34 heavy (non-hydrogen) atoms. The summed E-state index contributed by atoms with van der Waals surface area (Å²) in [6, 6.07) is 21.0. The van der Waals surface area contributed by atoms with Gasteiger partial charge in [-0.3, -0.25) is 0 Å². The standard InChI is InChI=1S/2C14H19NO2/c2*1-14(2,3)17-13(16)15-12-9-11(12)10-7-5-4-6-8-10/h2*4-8,11-12H,9H2,1-3H3,(H,15,16)/t2*11-,12-/m10/s1. The fourth-order valence-corrected chi connectivity index (χ4v) is 3.76. The monoisotopic (exact) mass is 466 g/mol. The molecule has 2 amide bonds. The normalized spacial score (nSPS) is 23.0. The minimum atomic E-state index is -0.429. The second-order valence-electron chi connectivity index (χ2n) is 11.0. The van der Waals surface area contributed by atoms with Gasteiger partial charge in [-0.15, -0.1) is 0 Å². The van der Waals surface area contributed by atoms with E-state index in [-0.39, 0.29) is 24.3 Å². The summed E-state index contributed by atoms with van der Waals surface area (Å²) in [5.74, 6) is 0.896. The Hall–Kier alpha value is -3.02. The van der Waals surface area contributed by atoms with Gasteiger partial charge in [-0.05, 0) is 65.5 Å². The number of carbonyl (C=O) groups excluding carboxylic acids is 2. The molecule has 6 nitrogen and oxygen atoms in total. The highest BCUT2D eigenvalue weighted by atomic mass is 16.6. The van der Waals surface area contributed by atoms with E-state index in [9.17, 15) is 9.59 Å². The molecule has 0 aliphatic heterocycles. The van der Waals surface area contributed by atoms with Crippen LogP contribution in [0.2, 0.25) is 0 Å². The summed E-state index contributed by atoms with van der Waals surface area (Å²) in [6.45, 7) is 11.2. The van der Waals surface area contributed by atoms with Crippen molar-refractivity contribution in [1.29, 1.82) is 0 Å². The van der Waals surface area contributed by atoms with Crippen LogP contribution in [0.3, 0.4) is 0 Å². The van der Waals surface area contributed by atoms with Crippen LogP contribution in [0.15, 0.2) is 60.7 Å². The smallest absolute Gasteiger partial charge is 0.407 e. The Morgan fingerprint density at radius 3 is 1.26 bits per heavy atom. The van der Waals surface area contributed by atoms with Crippen LogP contribution >= 0.6 is 0 Å². The van der Waals surface area contributed by atoms with Crippen LogP contribution in [0.25, 0.3) is 0 Å². The molecule has 0 spiro atoms. The molecule has 4 atom stereocenters. The molecule has 0 heterocycles. The SMILES string of the molecule is CC(C)(C)OC(=O)N[C@@H]1C[C@@H]1c1ccccc1.CC(C)(C)OC(=O)N[C@H]1C[C@H]1c1ccccc1. The zero-order valence-corrected chi connectivity index (χ0v) is 21.1. The van der Waals surface area contributed by atoms with E-state index in [0.717, 1.165) is 12.8 Å². The van der Waals surface area contributed by atoms with Gasteiger partial charge in [-0.25, -0.2) is 9.59 Å². The highest BCUT2D eigenvalue weighted by Gasteiger charge is 2.41. The van der Waals surface area contributed by atoms with Crippen molar-refractivity contribution >= 4 is 12.2 Å². The number of carbonyl (C=O) groups is 2. The first-order chi connectivity index (χ1) is 15.9. The molecular formula is C28H38N2O4. The molecule has 0 aromatic heterocycles. The van der Waals surface area contributed by atoms with Crippen molar-refractivity contribution in [2.24, 2.45) is 0 Å². The molecule has 2 fully saturated rings. The molecule has 4 rings (SSSR count). The van der Waals surface area contributed by atoms with Crippen molar-refractivity contribution in [3.05, 3.63) is 71.8 Å². The highest BCUT2D eigenvalue weighted by Crippen LogP contribution is 2.41. The van der Waals surface area contributed by atoms with E-state index in [1.54, 1.807) is 0 Å². The third-order valence-electron chi connectivity index (χ3n) is 5.44. The zero-order valence-electron chi connectivity index (χ0n) is 21.1. The molecule has 2 saturated carbocycles. The summed E-state index contributed by atoms with van der Waals surface area (Å²) < 4.78 is 10.4. The van der Waals surface area contributed by atoms with Gasteiger partial charge in [-0.2, -0.15) is 0 Å². The van der Waals surface area contributed by atoms with Crippen molar-refractivity contribution in [2.45, 2.75) is 89.5 Å². The lowest BCUT2D eigenvalue weighted by atomic mass is 10.1. The van der Waals surface area contributed by atoms with E-state index in [4.69, 9.17) is 9.47 Å². The fraction of sp³-hybridized carbons (Fsp3) is 0.500. The molecule has 2 aromatic rings. The number of alkyl carbamates (subject to hydrolysis) is 2. The van der Waals surface area contributed by atoms with Gasteiger partial charge in [0.25, 0.3) is 0 Å². The average molecular weight is 467 g/mol. The van der Waals surface area contributed by atoms with Crippen molar-refractivity contribution in [1.82, 2.24) is 10.6 Å². The number of hydrogen-bond donors (Lipinski definition) is 2. The van der Waals surface area contributed by atoms with Crippen molar-refractivity contribution in [3.8, 4) is 0 Å². The van der Waals surface area contributed by atoms with E-state index in [1.165, 1.54) is 11.1 Å². The lowest BCUT2D eigenvalue weighted by Crippen LogP contribution is -2.34. The van der Waals surface area contributed by atoms with Gasteiger partial charge in [0.2, 0.25) is 0 Å². The van der Waals surface area contributed by atoms with Gasteiger partial charge < -0.3 is 20.1 Å². The summed E-state index contributed by atoms with van der Waals surface area (Å²) in [5, 5.41) is 5.80. The van der Waals surface area contributed by atoms with Gasteiger partial charge >= 0.3 is 12.2 Å². The van der Waals surface area contributed by atoms with Crippen molar-refractivity contribution < 1.29 is 19.1 Å². The molecule has 2 aliphatic carbocycles. The minimum absolute atomic E-state index is 0.229. The first kappa shape index (κ1) is 25.6. The number of hydrogen-bond acceptors (Lipinski definition) is 4. The second kappa shape index (κ2) is 10.5. The summed E-state index contributed by atoms with van der Waals surface area (Å²) >= 11 is 0.